The summed E-state index contributed by atoms with van der Waals surface area (Å²) >= 11 is 0. The summed E-state index contributed by atoms with van der Waals surface area (Å²) in [6.45, 7) is 0.709. The second-order valence-electron chi connectivity index (χ2n) is 3.41. The van der Waals surface area contributed by atoms with Gasteiger partial charge in [-0.1, -0.05) is 5.11 Å². The van der Waals surface area contributed by atoms with Crippen LogP contribution >= 0.6 is 0 Å². The number of nitrogens with zero attached hydrogens (tertiary/aromatic N) is 3. The van der Waals surface area contributed by atoms with Crippen LogP contribution in [0.1, 0.15) is 16.8 Å². The summed E-state index contributed by atoms with van der Waals surface area (Å²) in [5.74, 6) is -0.816. The molecule has 0 saturated heterocycles. The molecule has 1 aromatic rings. The van der Waals surface area contributed by atoms with Crippen LogP contribution in [0.2, 0.25) is 0 Å². The van der Waals surface area contributed by atoms with E-state index in [0.717, 1.165) is 0 Å². The molecule has 1 rings (SSSR count). The number of rotatable bonds is 6. The lowest BCUT2D eigenvalue weighted by Gasteiger charge is -2.06. The lowest BCUT2D eigenvalue weighted by atomic mass is 10.2. The number of amides is 1. The number of azide groups is 1. The number of ether oxygens (including phenoxy) is 1. The van der Waals surface area contributed by atoms with E-state index in [4.69, 9.17) is 10.3 Å². The maximum Gasteiger partial charge on any atom is 0.251 e. The molecule has 0 aliphatic carbocycles. The lowest BCUT2D eigenvalue weighted by molar-refractivity contribution is 0.0953. The highest BCUT2D eigenvalue weighted by Crippen LogP contribution is 2.17. The lowest BCUT2D eigenvalue weighted by Crippen LogP contribution is -2.24. The maximum absolute atomic E-state index is 13.1. The van der Waals surface area contributed by atoms with Crippen LogP contribution in [0, 0.1) is 5.82 Å². The highest BCUT2D eigenvalue weighted by Gasteiger charge is 2.09. The zero-order valence-electron chi connectivity index (χ0n) is 9.89. The Balaban J connectivity index is 2.53. The molecular weight excluding hydrogens is 239 g/mol. The summed E-state index contributed by atoms with van der Waals surface area (Å²) in [5.41, 5.74) is 8.37. The third-order valence-corrected chi connectivity index (χ3v) is 2.20. The number of hydrogen-bond donors (Lipinski definition) is 1. The minimum Gasteiger partial charge on any atom is -0.494 e. The average Bonchev–Trinajstić information content (AvgIpc) is 2.38. The van der Waals surface area contributed by atoms with Crippen molar-refractivity contribution in [3.8, 4) is 5.75 Å². The van der Waals surface area contributed by atoms with Crippen LogP contribution in [-0.4, -0.2) is 26.1 Å². The molecule has 0 aromatic heterocycles. The van der Waals surface area contributed by atoms with E-state index in [-0.39, 0.29) is 11.7 Å². The van der Waals surface area contributed by atoms with Gasteiger partial charge in [0, 0.05) is 23.6 Å². The second-order valence-corrected chi connectivity index (χ2v) is 3.41. The van der Waals surface area contributed by atoms with E-state index in [1.54, 1.807) is 0 Å². The van der Waals surface area contributed by atoms with Crippen molar-refractivity contribution in [1.29, 1.82) is 0 Å². The highest BCUT2D eigenvalue weighted by molar-refractivity contribution is 5.94. The zero-order valence-corrected chi connectivity index (χ0v) is 9.89. The number of methoxy groups -OCH3 is 1. The Bertz CT molecular complexity index is 472. The van der Waals surface area contributed by atoms with Crippen LogP contribution in [0.15, 0.2) is 23.3 Å². The average molecular weight is 252 g/mol. The van der Waals surface area contributed by atoms with Gasteiger partial charge >= 0.3 is 0 Å². The van der Waals surface area contributed by atoms with Crippen molar-refractivity contribution in [2.45, 2.75) is 6.42 Å². The SMILES string of the molecule is COc1cc(C(=O)NCCCN=[N+]=[N-])ccc1F. The van der Waals surface area contributed by atoms with E-state index in [1.807, 2.05) is 0 Å². The van der Waals surface area contributed by atoms with E-state index >= 15 is 0 Å². The molecule has 1 aromatic carbocycles. The Morgan fingerprint density at radius 2 is 2.39 bits per heavy atom. The number of halogens is 1. The molecule has 6 nitrogen and oxygen atoms in total. The molecule has 18 heavy (non-hydrogen) atoms. The van der Waals surface area contributed by atoms with Crippen LogP contribution in [0.25, 0.3) is 10.4 Å². The Labute approximate surface area is 103 Å². The predicted octanol–water partition coefficient (Wildman–Crippen LogP) is 2.26. The second kappa shape index (κ2) is 7.13. The molecule has 0 bridgehead atoms. The molecule has 7 heteroatoms. The zero-order chi connectivity index (χ0) is 13.4. The molecule has 0 spiro atoms. The summed E-state index contributed by atoms with van der Waals surface area (Å²) in [6, 6.07) is 3.88. The van der Waals surface area contributed by atoms with Gasteiger partial charge in [-0.05, 0) is 30.2 Å². The van der Waals surface area contributed by atoms with Crippen LogP contribution in [-0.2, 0) is 0 Å². The molecule has 0 radical (unpaired) electrons. The smallest absolute Gasteiger partial charge is 0.251 e. The molecule has 0 atom stereocenters. The highest BCUT2D eigenvalue weighted by atomic mass is 19.1. The monoisotopic (exact) mass is 252 g/mol. The number of carbonyl (C=O) groups excluding carboxylic acids is 1. The van der Waals surface area contributed by atoms with Crippen molar-refractivity contribution in [2.75, 3.05) is 20.2 Å². The van der Waals surface area contributed by atoms with Crippen molar-refractivity contribution in [1.82, 2.24) is 5.32 Å². The fraction of sp³-hybridized carbons (Fsp3) is 0.364. The third-order valence-electron chi connectivity index (χ3n) is 2.20. The Morgan fingerprint density at radius 1 is 1.61 bits per heavy atom. The van der Waals surface area contributed by atoms with Gasteiger partial charge in [-0.3, -0.25) is 4.79 Å². The molecule has 0 saturated carbocycles. The molecule has 0 aliphatic heterocycles. The van der Waals surface area contributed by atoms with Crippen LogP contribution in [0.4, 0.5) is 4.39 Å². The minimum absolute atomic E-state index is 0.0248. The first-order chi connectivity index (χ1) is 8.69. The van der Waals surface area contributed by atoms with Gasteiger partial charge in [-0.25, -0.2) is 4.39 Å². The van der Waals surface area contributed by atoms with Gasteiger partial charge < -0.3 is 10.1 Å². The fourth-order valence-corrected chi connectivity index (χ4v) is 1.30. The summed E-state index contributed by atoms with van der Waals surface area (Å²) in [7, 11) is 1.33. The van der Waals surface area contributed by atoms with E-state index in [2.05, 4.69) is 15.3 Å². The van der Waals surface area contributed by atoms with Gasteiger partial charge in [0.05, 0.1) is 7.11 Å². The molecule has 0 fully saturated rings. The molecule has 0 unspecified atom stereocenters. The minimum atomic E-state index is -0.516. The number of carbonyl (C=O) groups is 1. The summed E-state index contributed by atoms with van der Waals surface area (Å²) in [5, 5.41) is 5.97. The van der Waals surface area contributed by atoms with Gasteiger partial charge in [0.2, 0.25) is 0 Å². The predicted molar refractivity (Wildman–Crippen MR) is 63.9 cm³/mol. The first kappa shape index (κ1) is 13.8. The van der Waals surface area contributed by atoms with E-state index in [0.29, 0.717) is 25.1 Å². The fourth-order valence-electron chi connectivity index (χ4n) is 1.30. The number of hydrogen-bond acceptors (Lipinski definition) is 3. The topological polar surface area (TPSA) is 87.1 Å². The van der Waals surface area contributed by atoms with E-state index in [1.165, 1.54) is 25.3 Å². The third kappa shape index (κ3) is 3.95. The molecule has 96 valence electrons. The van der Waals surface area contributed by atoms with Gasteiger partial charge in [-0.15, -0.1) is 0 Å². The molecular formula is C11H13FN4O2. The Kier molecular flexibility index (Phi) is 5.47. The van der Waals surface area contributed by atoms with Crippen molar-refractivity contribution < 1.29 is 13.9 Å². The molecule has 0 aliphatic rings. The number of benzene rings is 1. The van der Waals surface area contributed by atoms with Crippen molar-refractivity contribution in [2.24, 2.45) is 5.11 Å². The molecule has 1 N–H and O–H groups in total. The maximum atomic E-state index is 13.1. The van der Waals surface area contributed by atoms with E-state index < -0.39 is 5.82 Å². The van der Waals surface area contributed by atoms with Crippen LogP contribution < -0.4 is 10.1 Å². The van der Waals surface area contributed by atoms with Crippen molar-refractivity contribution in [3.05, 3.63) is 40.0 Å². The van der Waals surface area contributed by atoms with Gasteiger partial charge in [-0.2, -0.15) is 0 Å². The Hall–Kier alpha value is -2.27. The van der Waals surface area contributed by atoms with Crippen molar-refractivity contribution in [3.63, 3.8) is 0 Å². The summed E-state index contributed by atoms with van der Waals surface area (Å²) in [6.07, 6.45) is 0.550. The molecule has 1 amide bonds. The normalized spacial score (nSPS) is 9.44. The summed E-state index contributed by atoms with van der Waals surface area (Å²) < 4.78 is 17.9. The first-order valence-corrected chi connectivity index (χ1v) is 5.31. The summed E-state index contributed by atoms with van der Waals surface area (Å²) in [4.78, 5) is 14.3. The number of nitrogens with one attached hydrogen (secondary N) is 1. The molecule has 0 heterocycles. The van der Waals surface area contributed by atoms with Gasteiger partial charge in [0.1, 0.15) is 0 Å². The Morgan fingerprint density at radius 3 is 3.06 bits per heavy atom. The quantitative estimate of drug-likeness (QED) is 0.364. The van der Waals surface area contributed by atoms with Crippen molar-refractivity contribution >= 4 is 5.91 Å². The first-order valence-electron chi connectivity index (χ1n) is 5.31. The van der Waals surface area contributed by atoms with Gasteiger partial charge in [0.25, 0.3) is 5.91 Å². The largest absolute Gasteiger partial charge is 0.494 e. The standard InChI is InChI=1S/C11H13FN4O2/c1-18-10-7-8(3-4-9(10)12)11(17)14-5-2-6-15-16-13/h3-4,7H,2,5-6H2,1H3,(H,14,17). The van der Waals surface area contributed by atoms with Gasteiger partial charge in [0.15, 0.2) is 11.6 Å². The van der Waals surface area contributed by atoms with Crippen LogP contribution in [0.5, 0.6) is 5.75 Å². The van der Waals surface area contributed by atoms with Crippen LogP contribution in [0.3, 0.4) is 0 Å². The van der Waals surface area contributed by atoms with E-state index in [9.17, 15) is 9.18 Å².